The lowest BCUT2D eigenvalue weighted by atomic mass is 10.0. The van der Waals surface area contributed by atoms with Crippen molar-refractivity contribution in [3.63, 3.8) is 0 Å². The van der Waals surface area contributed by atoms with E-state index in [9.17, 15) is 14.7 Å². The maximum absolute atomic E-state index is 15.5. The zero-order chi connectivity index (χ0) is 26.4. The maximum atomic E-state index is 15.5. The molecular weight excluding hydrogens is 477 g/mol. The molecule has 0 bridgehead atoms. The molecule has 1 aliphatic carbocycles. The molecule has 1 aromatic carbocycles. The van der Waals surface area contributed by atoms with Crippen LogP contribution in [0.2, 0.25) is 0 Å². The summed E-state index contributed by atoms with van der Waals surface area (Å²) in [5.41, 5.74) is 2.81. The Bertz CT molecular complexity index is 1370. The van der Waals surface area contributed by atoms with E-state index in [4.69, 9.17) is 4.74 Å². The second-order valence-electron chi connectivity index (χ2n) is 10.3. The molecule has 2 fully saturated rings. The highest BCUT2D eigenvalue weighted by atomic mass is 19.1. The Hall–Kier alpha value is -3.53. The van der Waals surface area contributed by atoms with E-state index in [0.29, 0.717) is 64.8 Å². The molecule has 37 heavy (non-hydrogen) atoms. The van der Waals surface area contributed by atoms with E-state index in [1.165, 1.54) is 13.3 Å². The average molecular weight is 510 g/mol. The number of carbonyl (C=O) groups excluding carboxylic acids is 2. The summed E-state index contributed by atoms with van der Waals surface area (Å²) in [4.78, 5) is 39.2. The second kappa shape index (κ2) is 9.74. The van der Waals surface area contributed by atoms with Crippen molar-refractivity contribution in [2.75, 3.05) is 13.2 Å². The number of aryl methyl sites for hydroxylation is 2. The fourth-order valence-electron chi connectivity index (χ4n) is 5.02. The summed E-state index contributed by atoms with van der Waals surface area (Å²) in [7, 11) is 0. The predicted molar refractivity (Wildman–Crippen MR) is 136 cm³/mol. The molecule has 1 saturated carbocycles. The summed E-state index contributed by atoms with van der Waals surface area (Å²) < 4.78 is 21.5. The summed E-state index contributed by atoms with van der Waals surface area (Å²) in [5.74, 6) is -0.210. The van der Waals surface area contributed by atoms with Gasteiger partial charge in [-0.1, -0.05) is 6.07 Å². The number of aromatic nitrogens is 3. The van der Waals surface area contributed by atoms with Gasteiger partial charge in [-0.2, -0.15) is 0 Å². The summed E-state index contributed by atoms with van der Waals surface area (Å²) in [6, 6.07) is 3.07. The van der Waals surface area contributed by atoms with Crippen LogP contribution >= 0.6 is 0 Å². The van der Waals surface area contributed by atoms with E-state index in [1.54, 1.807) is 30.9 Å². The number of hydrogen-bond acceptors (Lipinski definition) is 6. The van der Waals surface area contributed by atoms with Crippen molar-refractivity contribution in [3.05, 3.63) is 41.1 Å². The number of H-pyrrole nitrogens is 1. The fraction of sp³-hybridized carbons (Fsp3) is 0.481. The standard InChI is InChI=1S/C27H32FN5O4/c1-13-5-8-19(37-11-17-6-7-17)21(22(13)28)24-25-23(29-12-30-24)20(15(3)31-25)26(35)32-18-9-14(2)33(10-18)27(36)16(4)34/h5,8,12,14,16-18,31,34H,6-7,9-11H2,1-4H3,(H,32,35)/t14-,16+,18+/m1/s1. The number of carbonyl (C=O) groups is 2. The van der Waals surface area contributed by atoms with Gasteiger partial charge >= 0.3 is 0 Å². The van der Waals surface area contributed by atoms with E-state index in [1.807, 2.05) is 6.92 Å². The van der Waals surface area contributed by atoms with Crippen LogP contribution in [0.15, 0.2) is 18.5 Å². The third kappa shape index (κ3) is 4.77. The Morgan fingerprint density at radius 2 is 2.05 bits per heavy atom. The van der Waals surface area contributed by atoms with E-state index >= 15 is 4.39 Å². The monoisotopic (exact) mass is 509 g/mol. The Balaban J connectivity index is 1.47. The molecule has 1 saturated heterocycles. The third-order valence-electron chi connectivity index (χ3n) is 7.25. The Morgan fingerprint density at radius 3 is 2.76 bits per heavy atom. The maximum Gasteiger partial charge on any atom is 0.255 e. The zero-order valence-corrected chi connectivity index (χ0v) is 21.5. The van der Waals surface area contributed by atoms with Crippen LogP contribution < -0.4 is 10.1 Å². The zero-order valence-electron chi connectivity index (χ0n) is 21.5. The van der Waals surface area contributed by atoms with E-state index < -0.39 is 11.9 Å². The van der Waals surface area contributed by atoms with E-state index in [2.05, 4.69) is 20.3 Å². The van der Waals surface area contributed by atoms with Gasteiger partial charge < -0.3 is 25.0 Å². The number of amides is 2. The summed E-state index contributed by atoms with van der Waals surface area (Å²) in [5, 5.41) is 12.7. The predicted octanol–water partition coefficient (Wildman–Crippen LogP) is 3.27. The first-order valence-corrected chi connectivity index (χ1v) is 12.7. The van der Waals surface area contributed by atoms with Crippen LogP contribution in [0.25, 0.3) is 22.3 Å². The first-order chi connectivity index (χ1) is 17.7. The molecule has 2 aliphatic rings. The molecule has 3 aromatic rings. The molecule has 0 radical (unpaired) electrons. The van der Waals surface area contributed by atoms with Crippen molar-refractivity contribution in [1.29, 1.82) is 0 Å². The van der Waals surface area contributed by atoms with Crippen LogP contribution in [0.1, 0.15) is 54.7 Å². The molecule has 3 atom stereocenters. The molecule has 2 aromatic heterocycles. The van der Waals surface area contributed by atoms with Gasteiger partial charge in [-0.05, 0) is 64.5 Å². The van der Waals surface area contributed by atoms with Crippen LogP contribution in [0.4, 0.5) is 4.39 Å². The molecule has 5 rings (SSSR count). The summed E-state index contributed by atoms with van der Waals surface area (Å²) in [6.07, 6.45) is 3.03. The number of likely N-dealkylation sites (tertiary alicyclic amines) is 1. The summed E-state index contributed by atoms with van der Waals surface area (Å²) >= 11 is 0. The van der Waals surface area contributed by atoms with Gasteiger partial charge in [0.25, 0.3) is 11.8 Å². The van der Waals surface area contributed by atoms with Crippen LogP contribution in [0.3, 0.4) is 0 Å². The first kappa shape index (κ1) is 25.1. The highest BCUT2D eigenvalue weighted by Crippen LogP contribution is 2.39. The van der Waals surface area contributed by atoms with Crippen molar-refractivity contribution in [2.24, 2.45) is 5.92 Å². The number of aromatic amines is 1. The largest absolute Gasteiger partial charge is 0.492 e. The van der Waals surface area contributed by atoms with Crippen molar-refractivity contribution in [2.45, 2.75) is 65.1 Å². The number of ether oxygens (including phenoxy) is 1. The highest BCUT2D eigenvalue weighted by Gasteiger charge is 2.35. The summed E-state index contributed by atoms with van der Waals surface area (Å²) in [6.45, 7) is 7.62. The lowest BCUT2D eigenvalue weighted by Crippen LogP contribution is -2.42. The van der Waals surface area contributed by atoms with Crippen molar-refractivity contribution >= 4 is 22.8 Å². The van der Waals surface area contributed by atoms with Crippen LogP contribution in [0, 0.1) is 25.6 Å². The number of fused-ring (bicyclic) bond motifs is 1. The molecule has 196 valence electrons. The van der Waals surface area contributed by atoms with E-state index in [-0.39, 0.29) is 29.5 Å². The molecular formula is C27H32FN5O4. The van der Waals surface area contributed by atoms with Gasteiger partial charge in [0.2, 0.25) is 0 Å². The number of nitrogens with zero attached hydrogens (tertiary/aromatic N) is 3. The molecule has 0 unspecified atom stereocenters. The molecule has 10 heteroatoms. The molecule has 9 nitrogen and oxygen atoms in total. The van der Waals surface area contributed by atoms with Gasteiger partial charge in [0.15, 0.2) is 0 Å². The van der Waals surface area contributed by atoms with Gasteiger partial charge in [0.05, 0.1) is 23.3 Å². The average Bonchev–Trinajstić information content (AvgIpc) is 3.52. The Kier molecular flexibility index (Phi) is 6.61. The first-order valence-electron chi connectivity index (χ1n) is 12.7. The normalized spacial score (nSPS) is 20.3. The minimum atomic E-state index is -1.09. The van der Waals surface area contributed by atoms with Gasteiger partial charge in [-0.25, -0.2) is 14.4 Å². The second-order valence-corrected chi connectivity index (χ2v) is 10.3. The number of rotatable bonds is 7. The number of benzene rings is 1. The Labute approximate surface area is 214 Å². The van der Waals surface area contributed by atoms with Crippen molar-refractivity contribution in [3.8, 4) is 17.0 Å². The van der Waals surface area contributed by atoms with E-state index in [0.717, 1.165) is 12.8 Å². The third-order valence-corrected chi connectivity index (χ3v) is 7.25. The SMILES string of the molecule is Cc1ccc(OCC2CC2)c(-c2ncnc3c(C(=O)N[C@H]4C[C@@H](C)N(C(=O)[C@H](C)O)C4)c(C)[nH]c23)c1F. The van der Waals surface area contributed by atoms with Gasteiger partial charge in [0, 0.05) is 24.3 Å². The van der Waals surface area contributed by atoms with Gasteiger partial charge in [-0.3, -0.25) is 9.59 Å². The smallest absolute Gasteiger partial charge is 0.255 e. The highest BCUT2D eigenvalue weighted by molar-refractivity contribution is 6.09. The lowest BCUT2D eigenvalue weighted by Gasteiger charge is -2.22. The van der Waals surface area contributed by atoms with Crippen LogP contribution in [0.5, 0.6) is 5.75 Å². The number of aliphatic hydroxyl groups is 1. The fourth-order valence-corrected chi connectivity index (χ4v) is 5.02. The number of aliphatic hydroxyl groups excluding tert-OH is 1. The number of hydrogen-bond donors (Lipinski definition) is 3. The topological polar surface area (TPSA) is 120 Å². The van der Waals surface area contributed by atoms with Crippen LogP contribution in [-0.4, -0.2) is 68.1 Å². The number of nitrogens with one attached hydrogen (secondary N) is 2. The van der Waals surface area contributed by atoms with Crippen molar-refractivity contribution < 1.29 is 23.8 Å². The van der Waals surface area contributed by atoms with Crippen molar-refractivity contribution in [1.82, 2.24) is 25.2 Å². The van der Waals surface area contributed by atoms with Gasteiger partial charge in [0.1, 0.15) is 35.2 Å². The molecule has 3 heterocycles. The Morgan fingerprint density at radius 1 is 1.30 bits per heavy atom. The quantitative estimate of drug-likeness (QED) is 0.450. The van der Waals surface area contributed by atoms with Gasteiger partial charge in [-0.15, -0.1) is 0 Å². The number of halogens is 1. The molecule has 0 spiro atoms. The molecule has 3 N–H and O–H groups in total. The molecule has 1 aliphatic heterocycles. The lowest BCUT2D eigenvalue weighted by molar-refractivity contribution is -0.139. The minimum absolute atomic E-state index is 0.108. The molecule has 2 amide bonds. The minimum Gasteiger partial charge on any atom is -0.492 e. The van der Waals surface area contributed by atoms with Crippen LogP contribution in [-0.2, 0) is 4.79 Å².